The number of thiophene rings is 1. The van der Waals surface area contributed by atoms with E-state index >= 15 is 0 Å². The van der Waals surface area contributed by atoms with E-state index in [1.54, 1.807) is 0 Å². The number of hydrogen-bond acceptors (Lipinski definition) is 2. The summed E-state index contributed by atoms with van der Waals surface area (Å²) in [7, 11) is 0. The Hall–Kier alpha value is -0.730. The van der Waals surface area contributed by atoms with Crippen LogP contribution in [0.15, 0.2) is 34.6 Å². The molecule has 0 nitrogen and oxygen atoms in total. The van der Waals surface area contributed by atoms with Crippen LogP contribution in [-0.4, -0.2) is 5.75 Å². The van der Waals surface area contributed by atoms with Gasteiger partial charge in [-0.15, -0.1) is 23.1 Å². The van der Waals surface area contributed by atoms with Crippen LogP contribution in [-0.2, 0) is 0 Å². The lowest BCUT2D eigenvalue weighted by Crippen LogP contribution is -1.80. The summed E-state index contributed by atoms with van der Waals surface area (Å²) >= 11 is 3.86. The molecule has 2 heteroatoms. The van der Waals surface area contributed by atoms with Crippen molar-refractivity contribution in [1.29, 1.82) is 0 Å². The average molecular weight is 204 g/mol. The molecule has 0 spiro atoms. The highest BCUT2D eigenvalue weighted by Crippen LogP contribution is 2.40. The van der Waals surface area contributed by atoms with Crippen LogP contribution in [0.1, 0.15) is 5.56 Å². The number of fused-ring (bicyclic) bond motifs is 3. The fourth-order valence-corrected chi connectivity index (χ4v) is 3.91. The summed E-state index contributed by atoms with van der Waals surface area (Å²) in [5.74, 6) is 1.12. The molecule has 1 aliphatic rings. The van der Waals surface area contributed by atoms with Gasteiger partial charge in [0.05, 0.1) is 4.21 Å². The third-order valence-corrected chi connectivity index (χ3v) is 4.62. The Labute approximate surface area is 85.3 Å². The van der Waals surface area contributed by atoms with Crippen molar-refractivity contribution in [2.45, 2.75) is 4.21 Å². The van der Waals surface area contributed by atoms with E-state index in [0.717, 1.165) is 5.75 Å². The van der Waals surface area contributed by atoms with Crippen LogP contribution in [0.5, 0.6) is 0 Å². The molecule has 1 aliphatic heterocycles. The molecule has 1 aromatic heterocycles. The standard InChI is InChI=1S/C11H8S2/c1-2-6-10-8(4-1)9-5-3-7-12-11(9)13-10/h1-6H,7H2. The molecule has 0 radical (unpaired) electrons. The molecule has 0 N–H and O–H groups in total. The van der Waals surface area contributed by atoms with Crippen LogP contribution in [0, 0.1) is 0 Å². The molecule has 2 aromatic rings. The van der Waals surface area contributed by atoms with Gasteiger partial charge in [0.25, 0.3) is 0 Å². The van der Waals surface area contributed by atoms with Crippen molar-refractivity contribution in [2.75, 3.05) is 5.75 Å². The van der Waals surface area contributed by atoms with Crippen molar-refractivity contribution in [3.8, 4) is 0 Å². The van der Waals surface area contributed by atoms with Gasteiger partial charge in [-0.3, -0.25) is 0 Å². The van der Waals surface area contributed by atoms with Crippen LogP contribution in [0.2, 0.25) is 0 Å². The summed E-state index contributed by atoms with van der Waals surface area (Å²) in [6.07, 6.45) is 4.50. The van der Waals surface area contributed by atoms with Gasteiger partial charge in [0, 0.05) is 21.4 Å². The lowest BCUT2D eigenvalue weighted by molar-refractivity contribution is 1.61. The fraction of sp³-hybridized carbons (Fsp3) is 0.0909. The largest absolute Gasteiger partial charge is 0.128 e. The van der Waals surface area contributed by atoms with E-state index in [1.165, 1.54) is 19.9 Å². The van der Waals surface area contributed by atoms with Crippen LogP contribution in [0.25, 0.3) is 16.2 Å². The van der Waals surface area contributed by atoms with Gasteiger partial charge in [0.1, 0.15) is 0 Å². The molecule has 0 bridgehead atoms. The number of hydrogen-bond donors (Lipinski definition) is 0. The molecule has 1 aromatic carbocycles. The quantitative estimate of drug-likeness (QED) is 0.624. The Morgan fingerprint density at radius 3 is 3.08 bits per heavy atom. The van der Waals surface area contributed by atoms with Crippen LogP contribution in [0.3, 0.4) is 0 Å². The molecule has 2 heterocycles. The average Bonchev–Trinajstić information content (AvgIpc) is 2.56. The molecule has 3 rings (SSSR count). The minimum Gasteiger partial charge on any atom is -0.128 e. The van der Waals surface area contributed by atoms with E-state index in [2.05, 4.69) is 36.4 Å². The lowest BCUT2D eigenvalue weighted by atomic mass is 10.1. The fourth-order valence-electron chi connectivity index (χ4n) is 1.60. The molecule has 64 valence electrons. The molecule has 0 unspecified atom stereocenters. The van der Waals surface area contributed by atoms with Crippen molar-refractivity contribution >= 4 is 39.3 Å². The molecule has 0 atom stereocenters. The first-order chi connectivity index (χ1) is 6.45. The summed E-state index contributed by atoms with van der Waals surface area (Å²) in [4.78, 5) is 0. The van der Waals surface area contributed by atoms with Crippen molar-refractivity contribution in [2.24, 2.45) is 0 Å². The number of thioether (sulfide) groups is 1. The first-order valence-corrected chi connectivity index (χ1v) is 6.06. The Morgan fingerprint density at radius 1 is 1.15 bits per heavy atom. The third-order valence-electron chi connectivity index (χ3n) is 2.19. The summed E-state index contributed by atoms with van der Waals surface area (Å²) in [6.45, 7) is 0. The first-order valence-electron chi connectivity index (χ1n) is 4.26. The van der Waals surface area contributed by atoms with Crippen LogP contribution in [0.4, 0.5) is 0 Å². The number of rotatable bonds is 0. The van der Waals surface area contributed by atoms with E-state index in [4.69, 9.17) is 0 Å². The monoisotopic (exact) mass is 204 g/mol. The minimum atomic E-state index is 1.12. The summed E-state index contributed by atoms with van der Waals surface area (Å²) < 4.78 is 2.88. The third kappa shape index (κ3) is 1.13. The Bertz CT molecular complexity index is 480. The first kappa shape index (κ1) is 7.65. The highest BCUT2D eigenvalue weighted by atomic mass is 32.2. The highest BCUT2D eigenvalue weighted by molar-refractivity contribution is 8.01. The number of benzene rings is 1. The lowest BCUT2D eigenvalue weighted by Gasteiger charge is -2.02. The van der Waals surface area contributed by atoms with E-state index in [-0.39, 0.29) is 0 Å². The Balaban J connectivity index is 2.42. The van der Waals surface area contributed by atoms with Gasteiger partial charge < -0.3 is 0 Å². The van der Waals surface area contributed by atoms with Gasteiger partial charge in [-0.05, 0) is 6.07 Å². The highest BCUT2D eigenvalue weighted by Gasteiger charge is 2.11. The molecule has 0 aliphatic carbocycles. The SMILES string of the molecule is C1=Cc2c(sc3ccccc23)SC1. The summed E-state index contributed by atoms with van der Waals surface area (Å²) in [5, 5.41) is 1.41. The van der Waals surface area contributed by atoms with E-state index in [9.17, 15) is 0 Å². The zero-order chi connectivity index (χ0) is 8.67. The van der Waals surface area contributed by atoms with E-state index < -0.39 is 0 Å². The van der Waals surface area contributed by atoms with Crippen molar-refractivity contribution in [3.63, 3.8) is 0 Å². The van der Waals surface area contributed by atoms with E-state index in [1.807, 2.05) is 23.1 Å². The van der Waals surface area contributed by atoms with Gasteiger partial charge in [-0.25, -0.2) is 0 Å². The molecular weight excluding hydrogens is 196 g/mol. The van der Waals surface area contributed by atoms with Gasteiger partial charge in [0.2, 0.25) is 0 Å². The molecule has 0 fully saturated rings. The minimum absolute atomic E-state index is 1.12. The normalized spacial score (nSPS) is 14.8. The second-order valence-corrected chi connectivity index (χ2v) is 5.35. The second kappa shape index (κ2) is 2.89. The maximum absolute atomic E-state index is 2.25. The van der Waals surface area contributed by atoms with Crippen molar-refractivity contribution < 1.29 is 0 Å². The molecule has 0 amide bonds. The molecule has 0 saturated heterocycles. The maximum Gasteiger partial charge on any atom is 0.0686 e. The van der Waals surface area contributed by atoms with Gasteiger partial charge in [0.15, 0.2) is 0 Å². The summed E-state index contributed by atoms with van der Waals surface area (Å²) in [6, 6.07) is 8.63. The van der Waals surface area contributed by atoms with E-state index in [0.29, 0.717) is 0 Å². The molecule has 0 saturated carbocycles. The Kier molecular flexibility index (Phi) is 1.70. The molecular formula is C11H8S2. The summed E-state index contributed by atoms with van der Waals surface area (Å²) in [5.41, 5.74) is 1.43. The smallest absolute Gasteiger partial charge is 0.0686 e. The predicted molar refractivity (Wildman–Crippen MR) is 61.6 cm³/mol. The van der Waals surface area contributed by atoms with Crippen molar-refractivity contribution in [1.82, 2.24) is 0 Å². The maximum atomic E-state index is 2.25. The zero-order valence-electron chi connectivity index (χ0n) is 6.99. The van der Waals surface area contributed by atoms with Crippen molar-refractivity contribution in [3.05, 3.63) is 35.9 Å². The van der Waals surface area contributed by atoms with Gasteiger partial charge >= 0.3 is 0 Å². The second-order valence-electron chi connectivity index (χ2n) is 3.01. The predicted octanol–water partition coefficient (Wildman–Crippen LogP) is 4.02. The van der Waals surface area contributed by atoms with Gasteiger partial charge in [-0.2, -0.15) is 0 Å². The zero-order valence-corrected chi connectivity index (χ0v) is 8.62. The van der Waals surface area contributed by atoms with Crippen LogP contribution < -0.4 is 0 Å². The Morgan fingerprint density at radius 2 is 2.08 bits per heavy atom. The molecule has 13 heavy (non-hydrogen) atoms. The topological polar surface area (TPSA) is 0 Å². The van der Waals surface area contributed by atoms with Crippen LogP contribution >= 0.6 is 23.1 Å². The van der Waals surface area contributed by atoms with Gasteiger partial charge in [-0.1, -0.05) is 30.4 Å².